The predicted octanol–water partition coefficient (Wildman–Crippen LogP) is 3.80. The molecule has 1 aromatic carbocycles. The van der Waals surface area contributed by atoms with Crippen LogP contribution in [-0.2, 0) is 11.2 Å². The third-order valence-electron chi connectivity index (χ3n) is 2.70. The molecule has 0 bridgehead atoms. The molecule has 0 spiro atoms. The summed E-state index contributed by atoms with van der Waals surface area (Å²) in [7, 11) is 0. The Bertz CT molecular complexity index is 395. The average molecular weight is 294 g/mol. The van der Waals surface area contributed by atoms with E-state index in [1.807, 2.05) is 0 Å². The SMILES string of the molecule is Cc1c(F)cc(Cl)c2c1C(Br)COCC2. The van der Waals surface area contributed by atoms with Crippen molar-refractivity contribution in [1.29, 1.82) is 0 Å². The minimum absolute atomic E-state index is 0.0307. The molecule has 1 aliphatic heterocycles. The van der Waals surface area contributed by atoms with E-state index >= 15 is 0 Å². The van der Waals surface area contributed by atoms with Crippen molar-refractivity contribution in [3.8, 4) is 0 Å². The lowest BCUT2D eigenvalue weighted by atomic mass is 9.97. The summed E-state index contributed by atoms with van der Waals surface area (Å²) in [5, 5.41) is 0.503. The number of fused-ring (bicyclic) bond motifs is 1. The van der Waals surface area contributed by atoms with E-state index in [0.29, 0.717) is 23.8 Å². The third-order valence-corrected chi connectivity index (χ3v) is 3.76. The summed E-state index contributed by atoms with van der Waals surface area (Å²) < 4.78 is 18.9. The fourth-order valence-corrected chi connectivity index (χ4v) is 3.01. The molecule has 0 saturated carbocycles. The van der Waals surface area contributed by atoms with E-state index in [-0.39, 0.29) is 10.6 Å². The van der Waals surface area contributed by atoms with E-state index < -0.39 is 0 Å². The summed E-state index contributed by atoms with van der Waals surface area (Å²) in [6, 6.07) is 1.39. The largest absolute Gasteiger partial charge is 0.380 e. The highest BCUT2D eigenvalue weighted by Crippen LogP contribution is 2.36. The van der Waals surface area contributed by atoms with E-state index in [0.717, 1.165) is 17.5 Å². The van der Waals surface area contributed by atoms with Gasteiger partial charge in [-0.1, -0.05) is 27.5 Å². The molecular weight excluding hydrogens is 282 g/mol. The Morgan fingerprint density at radius 2 is 2.33 bits per heavy atom. The maximum Gasteiger partial charge on any atom is 0.127 e. The molecule has 15 heavy (non-hydrogen) atoms. The second kappa shape index (κ2) is 4.40. The Morgan fingerprint density at radius 3 is 3.07 bits per heavy atom. The number of ether oxygens (including phenoxy) is 1. The summed E-state index contributed by atoms with van der Waals surface area (Å²) in [4.78, 5) is 0.0307. The number of benzene rings is 1. The van der Waals surface area contributed by atoms with Crippen molar-refractivity contribution in [3.05, 3.63) is 33.6 Å². The summed E-state index contributed by atoms with van der Waals surface area (Å²) >= 11 is 9.55. The zero-order chi connectivity index (χ0) is 11.0. The molecule has 0 radical (unpaired) electrons. The van der Waals surface area contributed by atoms with Gasteiger partial charge in [0.1, 0.15) is 5.82 Å². The second-order valence-electron chi connectivity index (χ2n) is 3.65. The Hall–Kier alpha value is -0.120. The second-order valence-corrected chi connectivity index (χ2v) is 5.16. The van der Waals surface area contributed by atoms with E-state index in [2.05, 4.69) is 15.9 Å². The summed E-state index contributed by atoms with van der Waals surface area (Å²) in [6.07, 6.45) is 0.747. The van der Waals surface area contributed by atoms with Gasteiger partial charge in [0.2, 0.25) is 0 Å². The van der Waals surface area contributed by atoms with Gasteiger partial charge in [0, 0.05) is 5.02 Å². The van der Waals surface area contributed by atoms with Crippen molar-refractivity contribution >= 4 is 27.5 Å². The lowest BCUT2D eigenvalue weighted by molar-refractivity contribution is 0.145. The molecule has 0 fully saturated rings. The lowest BCUT2D eigenvalue weighted by Crippen LogP contribution is -2.03. The molecule has 1 unspecified atom stereocenters. The van der Waals surface area contributed by atoms with Crippen LogP contribution in [0.1, 0.15) is 21.5 Å². The maximum atomic E-state index is 13.5. The number of hydrogen-bond donors (Lipinski definition) is 0. The lowest BCUT2D eigenvalue weighted by Gasteiger charge is -2.15. The van der Waals surface area contributed by atoms with Gasteiger partial charge in [0.25, 0.3) is 0 Å². The van der Waals surface area contributed by atoms with Crippen LogP contribution in [0, 0.1) is 12.7 Å². The van der Waals surface area contributed by atoms with Crippen LogP contribution in [-0.4, -0.2) is 13.2 Å². The first-order valence-electron chi connectivity index (χ1n) is 4.80. The maximum absolute atomic E-state index is 13.5. The van der Waals surface area contributed by atoms with Crippen molar-refractivity contribution in [3.63, 3.8) is 0 Å². The van der Waals surface area contributed by atoms with Crippen molar-refractivity contribution < 1.29 is 9.13 Å². The van der Waals surface area contributed by atoms with E-state index in [4.69, 9.17) is 16.3 Å². The summed E-state index contributed by atoms with van der Waals surface area (Å²) in [6.45, 7) is 2.98. The molecule has 0 saturated heterocycles. The quantitative estimate of drug-likeness (QED) is 0.661. The standard InChI is InChI=1S/C11H11BrClFO/c1-6-10(14)4-9(13)7-2-3-15-5-8(12)11(6)7/h4,8H,2-3,5H2,1H3. The minimum Gasteiger partial charge on any atom is -0.380 e. The van der Waals surface area contributed by atoms with Crippen LogP contribution in [0.15, 0.2) is 6.07 Å². The Balaban J connectivity index is 2.63. The summed E-state index contributed by atoms with van der Waals surface area (Å²) in [5.41, 5.74) is 2.63. The predicted molar refractivity (Wildman–Crippen MR) is 62.3 cm³/mol. The van der Waals surface area contributed by atoms with Gasteiger partial charge < -0.3 is 4.74 Å². The monoisotopic (exact) mass is 292 g/mol. The molecule has 0 N–H and O–H groups in total. The van der Waals surface area contributed by atoms with Crippen LogP contribution < -0.4 is 0 Å². The van der Waals surface area contributed by atoms with Crippen LogP contribution in [0.4, 0.5) is 4.39 Å². The van der Waals surface area contributed by atoms with Gasteiger partial charge in [-0.05, 0) is 36.1 Å². The summed E-state index contributed by atoms with van der Waals surface area (Å²) in [5.74, 6) is -0.245. The zero-order valence-electron chi connectivity index (χ0n) is 8.32. The Kier molecular flexibility index (Phi) is 3.33. The van der Waals surface area contributed by atoms with E-state index in [1.165, 1.54) is 6.07 Å². The number of rotatable bonds is 0. The fourth-order valence-electron chi connectivity index (χ4n) is 1.91. The minimum atomic E-state index is -0.245. The highest BCUT2D eigenvalue weighted by Gasteiger charge is 2.22. The van der Waals surface area contributed by atoms with E-state index in [1.54, 1.807) is 6.92 Å². The zero-order valence-corrected chi connectivity index (χ0v) is 10.7. The fraction of sp³-hybridized carbons (Fsp3) is 0.455. The first-order valence-corrected chi connectivity index (χ1v) is 6.09. The molecule has 1 nitrogen and oxygen atoms in total. The average Bonchev–Trinajstić information content (AvgIpc) is 2.37. The molecule has 4 heteroatoms. The van der Waals surface area contributed by atoms with Gasteiger partial charge in [0.05, 0.1) is 18.0 Å². The molecule has 1 aromatic rings. The third kappa shape index (κ3) is 2.05. The highest BCUT2D eigenvalue weighted by molar-refractivity contribution is 9.09. The van der Waals surface area contributed by atoms with Crippen LogP contribution in [0.5, 0.6) is 0 Å². The van der Waals surface area contributed by atoms with Gasteiger partial charge in [-0.15, -0.1) is 0 Å². The Morgan fingerprint density at radius 1 is 1.60 bits per heavy atom. The highest BCUT2D eigenvalue weighted by atomic mass is 79.9. The molecule has 1 aliphatic rings. The molecule has 82 valence electrons. The number of alkyl halides is 1. The Labute approximate surface area is 102 Å². The van der Waals surface area contributed by atoms with Crippen molar-refractivity contribution in [2.45, 2.75) is 18.2 Å². The van der Waals surface area contributed by atoms with Crippen LogP contribution in [0.25, 0.3) is 0 Å². The molecule has 1 heterocycles. The number of halogens is 3. The molecule has 0 aromatic heterocycles. The van der Waals surface area contributed by atoms with E-state index in [9.17, 15) is 4.39 Å². The van der Waals surface area contributed by atoms with Crippen LogP contribution in [0.2, 0.25) is 5.02 Å². The molecule has 0 amide bonds. The van der Waals surface area contributed by atoms with Crippen LogP contribution in [0.3, 0.4) is 0 Å². The molecule has 2 rings (SSSR count). The number of hydrogen-bond acceptors (Lipinski definition) is 1. The molecular formula is C11H11BrClFO. The molecule has 1 atom stereocenters. The topological polar surface area (TPSA) is 9.23 Å². The smallest absolute Gasteiger partial charge is 0.127 e. The van der Waals surface area contributed by atoms with Crippen LogP contribution >= 0.6 is 27.5 Å². The van der Waals surface area contributed by atoms with Crippen molar-refractivity contribution in [2.24, 2.45) is 0 Å². The van der Waals surface area contributed by atoms with Crippen molar-refractivity contribution in [1.82, 2.24) is 0 Å². The normalized spacial score (nSPS) is 20.9. The van der Waals surface area contributed by atoms with Gasteiger partial charge in [0.15, 0.2) is 0 Å². The van der Waals surface area contributed by atoms with Gasteiger partial charge in [-0.2, -0.15) is 0 Å². The van der Waals surface area contributed by atoms with Gasteiger partial charge in [-0.3, -0.25) is 0 Å². The first-order chi connectivity index (χ1) is 7.11. The van der Waals surface area contributed by atoms with Gasteiger partial charge >= 0.3 is 0 Å². The molecule has 0 aliphatic carbocycles. The van der Waals surface area contributed by atoms with Gasteiger partial charge in [-0.25, -0.2) is 4.39 Å². The van der Waals surface area contributed by atoms with Crippen molar-refractivity contribution in [2.75, 3.05) is 13.2 Å². The first kappa shape index (κ1) is 11.4.